The minimum atomic E-state index is -3.31. The number of sulfonamides is 1. The molecule has 1 heterocycles. The van der Waals surface area contributed by atoms with Crippen molar-refractivity contribution in [3.63, 3.8) is 0 Å². The number of nitrogens with zero attached hydrogens (tertiary/aromatic N) is 1. The molecule has 0 spiro atoms. The molecule has 1 aromatic heterocycles. The lowest BCUT2D eigenvalue weighted by atomic mass is 10.2. The maximum absolute atomic E-state index is 12.6. The normalized spacial score (nSPS) is 17.8. The van der Waals surface area contributed by atoms with E-state index in [1.165, 1.54) is 11.3 Å². The van der Waals surface area contributed by atoms with E-state index in [1.807, 2.05) is 13.8 Å². The summed E-state index contributed by atoms with van der Waals surface area (Å²) in [5.41, 5.74) is 0.987. The average molecular weight is 352 g/mol. The monoisotopic (exact) mass is 351 g/mol. The smallest absolute Gasteiger partial charge is 0.206 e. The molecular weight excluding hydrogens is 334 g/mol. The summed E-state index contributed by atoms with van der Waals surface area (Å²) in [6.45, 7) is 4.40. The van der Waals surface area contributed by atoms with Gasteiger partial charge in [-0.15, -0.1) is 11.3 Å². The fourth-order valence-corrected chi connectivity index (χ4v) is 6.54. The first-order chi connectivity index (χ1) is 8.46. The fourth-order valence-electron chi connectivity index (χ4n) is 2.49. The number of aryl methyl sites for hydroxylation is 1. The first-order valence-corrected chi connectivity index (χ1v) is 9.29. The van der Waals surface area contributed by atoms with E-state index >= 15 is 0 Å². The summed E-state index contributed by atoms with van der Waals surface area (Å²) in [4.78, 5) is 0. The molecule has 1 fully saturated rings. The van der Waals surface area contributed by atoms with Crippen LogP contribution in [0.1, 0.15) is 38.2 Å². The molecule has 1 aromatic rings. The van der Waals surface area contributed by atoms with Crippen LogP contribution >= 0.6 is 27.3 Å². The fraction of sp³-hybridized carbons (Fsp3) is 0.667. The Kier molecular flexibility index (Phi) is 4.52. The zero-order valence-electron chi connectivity index (χ0n) is 10.6. The summed E-state index contributed by atoms with van der Waals surface area (Å²) < 4.78 is 28.3. The van der Waals surface area contributed by atoms with Gasteiger partial charge in [0.05, 0.1) is 3.79 Å². The number of halogens is 1. The molecule has 0 atom stereocenters. The van der Waals surface area contributed by atoms with Crippen LogP contribution in [0.25, 0.3) is 0 Å². The van der Waals surface area contributed by atoms with E-state index in [0.29, 0.717) is 10.8 Å². The Hall–Kier alpha value is 0.0900. The largest absolute Gasteiger partial charge is 0.252 e. The van der Waals surface area contributed by atoms with Crippen molar-refractivity contribution in [2.75, 3.05) is 6.54 Å². The molecule has 2 rings (SSSR count). The molecule has 102 valence electrons. The van der Waals surface area contributed by atoms with E-state index in [9.17, 15) is 8.42 Å². The second-order valence-corrected chi connectivity index (χ2v) is 9.16. The van der Waals surface area contributed by atoms with Crippen LogP contribution in [0.5, 0.6) is 0 Å². The zero-order chi connectivity index (χ0) is 13.3. The van der Waals surface area contributed by atoms with Gasteiger partial charge in [-0.2, -0.15) is 4.31 Å². The third kappa shape index (κ3) is 2.66. The van der Waals surface area contributed by atoms with Gasteiger partial charge >= 0.3 is 0 Å². The van der Waals surface area contributed by atoms with Crippen molar-refractivity contribution in [1.29, 1.82) is 0 Å². The molecule has 0 bridgehead atoms. The van der Waals surface area contributed by atoms with Crippen LogP contribution in [0.4, 0.5) is 0 Å². The molecule has 0 amide bonds. The second-order valence-electron chi connectivity index (χ2n) is 4.67. The van der Waals surface area contributed by atoms with Crippen molar-refractivity contribution >= 4 is 37.3 Å². The van der Waals surface area contributed by atoms with Crippen LogP contribution in [-0.2, 0) is 10.0 Å². The first-order valence-electron chi connectivity index (χ1n) is 6.24. The van der Waals surface area contributed by atoms with Gasteiger partial charge in [0.15, 0.2) is 0 Å². The third-order valence-electron chi connectivity index (χ3n) is 3.44. The Morgan fingerprint density at radius 3 is 2.50 bits per heavy atom. The van der Waals surface area contributed by atoms with E-state index < -0.39 is 10.0 Å². The Balaban J connectivity index is 2.33. The summed E-state index contributed by atoms with van der Waals surface area (Å²) in [5.74, 6) is 0. The highest BCUT2D eigenvalue weighted by Crippen LogP contribution is 2.35. The first kappa shape index (κ1) is 14.5. The van der Waals surface area contributed by atoms with Gasteiger partial charge in [0, 0.05) is 12.6 Å². The molecule has 3 nitrogen and oxygen atoms in total. The topological polar surface area (TPSA) is 37.4 Å². The van der Waals surface area contributed by atoms with Crippen LogP contribution in [0, 0.1) is 6.92 Å². The van der Waals surface area contributed by atoms with E-state index in [4.69, 9.17) is 0 Å². The Morgan fingerprint density at radius 2 is 2.06 bits per heavy atom. The average Bonchev–Trinajstić information content (AvgIpc) is 2.91. The van der Waals surface area contributed by atoms with E-state index in [1.54, 1.807) is 10.4 Å². The highest BCUT2D eigenvalue weighted by atomic mass is 79.9. The number of hydrogen-bond acceptors (Lipinski definition) is 3. The Morgan fingerprint density at radius 1 is 1.44 bits per heavy atom. The van der Waals surface area contributed by atoms with E-state index in [0.717, 1.165) is 35.0 Å². The zero-order valence-corrected chi connectivity index (χ0v) is 13.9. The van der Waals surface area contributed by atoms with Crippen LogP contribution in [-0.4, -0.2) is 25.3 Å². The molecule has 6 heteroatoms. The number of hydrogen-bond donors (Lipinski definition) is 0. The van der Waals surface area contributed by atoms with Gasteiger partial charge < -0.3 is 0 Å². The molecule has 0 aromatic carbocycles. The summed E-state index contributed by atoms with van der Waals surface area (Å²) in [5, 5.41) is 0. The van der Waals surface area contributed by atoms with Gasteiger partial charge in [0.2, 0.25) is 0 Å². The van der Waals surface area contributed by atoms with Gasteiger partial charge in [-0.3, -0.25) is 0 Å². The van der Waals surface area contributed by atoms with Gasteiger partial charge in [0.25, 0.3) is 10.0 Å². The van der Waals surface area contributed by atoms with Gasteiger partial charge in [-0.1, -0.05) is 19.8 Å². The highest BCUT2D eigenvalue weighted by Gasteiger charge is 2.33. The maximum Gasteiger partial charge on any atom is 0.252 e. The van der Waals surface area contributed by atoms with Crippen molar-refractivity contribution < 1.29 is 8.42 Å². The SMILES string of the molecule is CCN(C1CCCC1)S(=O)(=O)c1cc(C)c(Br)s1. The standard InChI is InChI=1S/C12H18BrNO2S2/c1-3-14(10-6-4-5-7-10)18(15,16)11-8-9(2)12(13)17-11/h8,10H,3-7H2,1-2H3. The number of rotatable bonds is 4. The summed E-state index contributed by atoms with van der Waals surface area (Å²) in [7, 11) is -3.31. The summed E-state index contributed by atoms with van der Waals surface area (Å²) in [6.07, 6.45) is 4.28. The molecule has 18 heavy (non-hydrogen) atoms. The molecule has 0 aliphatic heterocycles. The van der Waals surface area contributed by atoms with Crippen molar-refractivity contribution in [1.82, 2.24) is 4.31 Å². The molecule has 1 aliphatic rings. The van der Waals surface area contributed by atoms with Crippen molar-refractivity contribution in [2.45, 2.75) is 49.8 Å². The lowest BCUT2D eigenvalue weighted by molar-refractivity contribution is 0.336. The lowest BCUT2D eigenvalue weighted by Crippen LogP contribution is -2.38. The van der Waals surface area contributed by atoms with Crippen molar-refractivity contribution in [2.24, 2.45) is 0 Å². The molecule has 0 radical (unpaired) electrons. The molecule has 0 unspecified atom stereocenters. The summed E-state index contributed by atoms with van der Waals surface area (Å²) >= 11 is 4.71. The minimum absolute atomic E-state index is 0.196. The molecule has 0 saturated heterocycles. The van der Waals surface area contributed by atoms with Crippen molar-refractivity contribution in [3.8, 4) is 0 Å². The van der Waals surface area contributed by atoms with E-state index in [2.05, 4.69) is 15.9 Å². The van der Waals surface area contributed by atoms with Gasteiger partial charge in [-0.25, -0.2) is 8.42 Å². The summed E-state index contributed by atoms with van der Waals surface area (Å²) in [6, 6.07) is 1.96. The predicted molar refractivity (Wildman–Crippen MR) is 78.6 cm³/mol. The van der Waals surface area contributed by atoms with Crippen LogP contribution in [0.2, 0.25) is 0 Å². The number of thiophene rings is 1. The molecular formula is C12H18BrNO2S2. The third-order valence-corrected chi connectivity index (χ3v) is 8.05. The Labute approximate surface area is 121 Å². The quantitative estimate of drug-likeness (QED) is 0.827. The predicted octanol–water partition coefficient (Wildman–Crippen LogP) is 3.77. The van der Waals surface area contributed by atoms with Crippen LogP contribution < -0.4 is 0 Å². The maximum atomic E-state index is 12.6. The van der Waals surface area contributed by atoms with Gasteiger partial charge in [-0.05, 0) is 47.3 Å². The molecule has 0 N–H and O–H groups in total. The van der Waals surface area contributed by atoms with Crippen LogP contribution in [0.3, 0.4) is 0 Å². The molecule has 1 aliphatic carbocycles. The van der Waals surface area contributed by atoms with Crippen molar-refractivity contribution in [3.05, 3.63) is 15.4 Å². The second kappa shape index (κ2) is 5.61. The van der Waals surface area contributed by atoms with Crippen LogP contribution in [0.15, 0.2) is 14.1 Å². The highest BCUT2D eigenvalue weighted by molar-refractivity contribution is 9.11. The Bertz CT molecular complexity index is 499. The van der Waals surface area contributed by atoms with E-state index in [-0.39, 0.29) is 6.04 Å². The minimum Gasteiger partial charge on any atom is -0.206 e. The lowest BCUT2D eigenvalue weighted by Gasteiger charge is -2.25. The molecule has 1 saturated carbocycles. The van der Waals surface area contributed by atoms with Gasteiger partial charge in [0.1, 0.15) is 4.21 Å².